The van der Waals surface area contributed by atoms with E-state index < -0.39 is 35.1 Å². The van der Waals surface area contributed by atoms with Crippen molar-refractivity contribution in [2.75, 3.05) is 11.4 Å². The van der Waals surface area contributed by atoms with Crippen molar-refractivity contribution in [3.63, 3.8) is 0 Å². The van der Waals surface area contributed by atoms with Crippen molar-refractivity contribution in [1.29, 1.82) is 0 Å². The summed E-state index contributed by atoms with van der Waals surface area (Å²) < 4.78 is 0. The molecule has 0 spiro atoms. The number of phenols is 1. The zero-order valence-electron chi connectivity index (χ0n) is 23.4. The summed E-state index contributed by atoms with van der Waals surface area (Å²) in [5.74, 6) is -4.57. The summed E-state index contributed by atoms with van der Waals surface area (Å²) >= 11 is 0. The number of likely N-dealkylation sites (tertiary alicyclic amines) is 1. The Bertz CT molecular complexity index is 1480. The third-order valence-corrected chi connectivity index (χ3v) is 9.88. The topological polar surface area (TPSA) is 132 Å². The number of fused-ring (bicyclic) bond motifs is 4. The number of carboxylic acids is 1. The van der Waals surface area contributed by atoms with Crippen LogP contribution in [0.1, 0.15) is 56.9 Å². The van der Waals surface area contributed by atoms with E-state index >= 15 is 0 Å². The van der Waals surface area contributed by atoms with E-state index in [1.165, 1.54) is 9.80 Å². The number of unbranched alkanes of at least 4 members (excludes halogenated alkanes) is 2. The lowest BCUT2D eigenvalue weighted by Gasteiger charge is -2.49. The largest absolute Gasteiger partial charge is 0.508 e. The molecule has 2 aliphatic carbocycles. The number of allylic oxidation sites excluding steroid dienone is 2. The molecule has 3 fully saturated rings. The first-order valence-electron chi connectivity index (χ1n) is 14.6. The van der Waals surface area contributed by atoms with Gasteiger partial charge in [-0.15, -0.1) is 0 Å². The predicted molar refractivity (Wildman–Crippen MR) is 152 cm³/mol. The van der Waals surface area contributed by atoms with Crippen LogP contribution in [-0.2, 0) is 24.0 Å². The molecule has 218 valence electrons. The van der Waals surface area contributed by atoms with Crippen molar-refractivity contribution in [3.05, 3.63) is 71.8 Å². The minimum Gasteiger partial charge on any atom is -0.508 e. The number of para-hydroxylation sites is 1. The molecule has 42 heavy (non-hydrogen) atoms. The number of aliphatic carboxylic acids is 1. The zero-order chi connectivity index (χ0) is 29.8. The molecule has 6 atom stereocenters. The third kappa shape index (κ3) is 4.25. The molecule has 1 saturated carbocycles. The lowest BCUT2D eigenvalue weighted by molar-refractivity contribution is -0.141. The van der Waals surface area contributed by atoms with Gasteiger partial charge in [0.2, 0.25) is 23.6 Å². The second-order valence-electron chi connectivity index (χ2n) is 12.1. The maximum atomic E-state index is 14.3. The molecule has 4 amide bonds. The monoisotopic (exact) mass is 570 g/mol. The number of nitrogens with zero attached hydrogens (tertiary/aromatic N) is 2. The highest BCUT2D eigenvalue weighted by Crippen LogP contribution is 2.63. The van der Waals surface area contributed by atoms with Crippen LogP contribution in [0, 0.1) is 29.1 Å². The van der Waals surface area contributed by atoms with Crippen LogP contribution >= 0.6 is 0 Å². The normalized spacial score (nSPS) is 30.2. The molecule has 2 heterocycles. The van der Waals surface area contributed by atoms with Crippen LogP contribution in [0.2, 0.25) is 0 Å². The van der Waals surface area contributed by atoms with Crippen LogP contribution in [0.5, 0.6) is 5.75 Å². The highest BCUT2D eigenvalue weighted by Gasteiger charge is 2.67. The molecule has 2 saturated heterocycles. The number of carbonyl (C=O) groups excluding carboxylic acids is 4. The highest BCUT2D eigenvalue weighted by atomic mass is 16.4. The van der Waals surface area contributed by atoms with E-state index in [4.69, 9.17) is 5.11 Å². The van der Waals surface area contributed by atoms with Gasteiger partial charge in [0.15, 0.2) is 0 Å². The maximum absolute atomic E-state index is 14.3. The first-order valence-corrected chi connectivity index (χ1v) is 14.6. The Kier molecular flexibility index (Phi) is 6.99. The van der Waals surface area contributed by atoms with E-state index in [-0.39, 0.29) is 54.7 Å². The quantitative estimate of drug-likeness (QED) is 0.275. The van der Waals surface area contributed by atoms with Gasteiger partial charge in [0.25, 0.3) is 0 Å². The number of carbonyl (C=O) groups is 5. The van der Waals surface area contributed by atoms with Crippen LogP contribution in [-0.4, -0.2) is 51.3 Å². The van der Waals surface area contributed by atoms with Gasteiger partial charge in [-0.3, -0.25) is 28.9 Å². The fourth-order valence-corrected chi connectivity index (χ4v) is 7.89. The van der Waals surface area contributed by atoms with Gasteiger partial charge in [-0.1, -0.05) is 48.4 Å². The Labute approximate surface area is 243 Å². The van der Waals surface area contributed by atoms with Crippen molar-refractivity contribution in [3.8, 4) is 5.75 Å². The average Bonchev–Trinajstić information content (AvgIpc) is 3.33. The van der Waals surface area contributed by atoms with Gasteiger partial charge in [-0.2, -0.15) is 0 Å². The molecule has 0 bridgehead atoms. The number of hydrogen-bond acceptors (Lipinski definition) is 6. The smallest absolute Gasteiger partial charge is 0.303 e. The summed E-state index contributed by atoms with van der Waals surface area (Å²) in [7, 11) is 0. The Morgan fingerprint density at radius 2 is 1.62 bits per heavy atom. The average molecular weight is 571 g/mol. The number of rotatable bonds is 8. The van der Waals surface area contributed by atoms with Gasteiger partial charge in [-0.25, -0.2) is 4.90 Å². The van der Waals surface area contributed by atoms with E-state index in [1.54, 1.807) is 48.5 Å². The summed E-state index contributed by atoms with van der Waals surface area (Å²) in [6, 6.07) is 15.5. The molecular formula is C33H34N2O7. The van der Waals surface area contributed by atoms with Gasteiger partial charge in [0.05, 0.1) is 28.9 Å². The number of benzene rings is 2. The van der Waals surface area contributed by atoms with Crippen LogP contribution in [0.15, 0.2) is 66.2 Å². The predicted octanol–water partition coefficient (Wildman–Crippen LogP) is 4.27. The first kappa shape index (κ1) is 27.9. The Morgan fingerprint density at radius 1 is 0.905 bits per heavy atom. The second-order valence-corrected chi connectivity index (χ2v) is 12.1. The Hall–Kier alpha value is -4.27. The van der Waals surface area contributed by atoms with E-state index in [2.05, 4.69) is 0 Å². The van der Waals surface area contributed by atoms with E-state index in [1.807, 2.05) is 19.1 Å². The molecule has 2 aromatic rings. The van der Waals surface area contributed by atoms with Crippen LogP contribution in [0.3, 0.4) is 0 Å². The molecule has 4 aliphatic rings. The van der Waals surface area contributed by atoms with Crippen LogP contribution in [0.4, 0.5) is 5.69 Å². The molecule has 2 N–H and O–H groups in total. The molecule has 9 nitrogen and oxygen atoms in total. The number of amides is 4. The second kappa shape index (κ2) is 10.5. The SMILES string of the molecule is CC12C(=O)N(c3ccccc3)C(=O)C1CC1C(=CCC3C(=O)N(CCCCCC(=O)O)C(=O)C31)C2c1ccc(O)cc1. The number of imide groups is 2. The number of hydrogen-bond donors (Lipinski definition) is 2. The standard InChI is InChI=1S/C33H34N2O7/c1-33-25(30(40)35(32(33)42)20-8-4-2-5-9-20)18-24-22(28(33)19-11-13-21(36)14-12-19)15-16-23-27(24)31(41)34(29(23)39)17-7-3-6-10-26(37)38/h2,4-5,8-9,11-15,23-25,27-28,36H,3,6-7,10,16-18H2,1H3,(H,37,38). The van der Waals surface area contributed by atoms with Gasteiger partial charge in [0, 0.05) is 18.9 Å². The van der Waals surface area contributed by atoms with E-state index in [0.29, 0.717) is 31.4 Å². The number of phenolic OH excluding ortho intramolecular Hbond substituents is 1. The summed E-state index contributed by atoms with van der Waals surface area (Å²) in [5, 5.41) is 18.9. The molecular weight excluding hydrogens is 536 g/mol. The molecule has 2 aromatic carbocycles. The molecule has 0 radical (unpaired) electrons. The molecule has 2 aliphatic heterocycles. The molecule has 6 rings (SSSR count). The van der Waals surface area contributed by atoms with Gasteiger partial charge >= 0.3 is 5.97 Å². The summed E-state index contributed by atoms with van der Waals surface area (Å²) in [6.45, 7) is 2.08. The number of aromatic hydroxyl groups is 1. The van der Waals surface area contributed by atoms with Gasteiger partial charge in [-0.05, 0) is 68.4 Å². The first-order chi connectivity index (χ1) is 20.1. The lowest BCUT2D eigenvalue weighted by atomic mass is 9.51. The molecule has 6 unspecified atom stereocenters. The highest BCUT2D eigenvalue weighted by molar-refractivity contribution is 6.24. The maximum Gasteiger partial charge on any atom is 0.303 e. The van der Waals surface area contributed by atoms with Gasteiger partial charge in [0.1, 0.15) is 5.75 Å². The van der Waals surface area contributed by atoms with Gasteiger partial charge < -0.3 is 10.2 Å². The van der Waals surface area contributed by atoms with Crippen molar-refractivity contribution in [2.45, 2.75) is 51.4 Å². The van der Waals surface area contributed by atoms with Crippen molar-refractivity contribution in [1.82, 2.24) is 4.90 Å². The van der Waals surface area contributed by atoms with E-state index in [0.717, 1.165) is 11.1 Å². The fourth-order valence-electron chi connectivity index (χ4n) is 7.89. The Balaban J connectivity index is 1.36. The van der Waals surface area contributed by atoms with Crippen LogP contribution in [0.25, 0.3) is 0 Å². The molecule has 0 aromatic heterocycles. The number of carboxylic acid groups (broad SMARTS) is 1. The third-order valence-electron chi connectivity index (χ3n) is 9.88. The number of anilines is 1. The van der Waals surface area contributed by atoms with E-state index in [9.17, 15) is 29.1 Å². The summed E-state index contributed by atoms with van der Waals surface area (Å²) in [5.41, 5.74) is 1.07. The summed E-state index contributed by atoms with van der Waals surface area (Å²) in [6.07, 6.45) is 4.33. The van der Waals surface area contributed by atoms with Crippen molar-refractivity contribution in [2.24, 2.45) is 29.1 Å². The fraction of sp³-hybridized carbons (Fsp3) is 0.424. The minimum absolute atomic E-state index is 0.0497. The molecule has 9 heteroatoms. The zero-order valence-corrected chi connectivity index (χ0v) is 23.4. The summed E-state index contributed by atoms with van der Waals surface area (Å²) in [4.78, 5) is 69.1. The van der Waals surface area contributed by atoms with Crippen LogP contribution < -0.4 is 4.90 Å². The lowest BCUT2D eigenvalue weighted by Crippen LogP contribution is -2.48. The Morgan fingerprint density at radius 3 is 2.31 bits per heavy atom. The van der Waals surface area contributed by atoms with Crippen molar-refractivity contribution >= 4 is 35.3 Å². The van der Waals surface area contributed by atoms with Crippen molar-refractivity contribution < 1.29 is 34.2 Å². The minimum atomic E-state index is -1.12.